The first-order valence-electron chi connectivity index (χ1n) is 7.88. The number of halogens is 1. The van der Waals surface area contributed by atoms with Crippen molar-refractivity contribution in [3.63, 3.8) is 0 Å². The Bertz CT molecular complexity index is 769. The molecule has 1 unspecified atom stereocenters. The fourth-order valence-electron chi connectivity index (χ4n) is 2.91. The molecule has 0 radical (unpaired) electrons. The number of nitrogens with zero attached hydrogens (tertiary/aromatic N) is 1. The molecular formula is C17H18BrN3O2S. The number of piperidine rings is 1. The van der Waals surface area contributed by atoms with E-state index in [1.165, 1.54) is 11.3 Å². The molecule has 1 aliphatic rings. The highest BCUT2D eigenvalue weighted by Gasteiger charge is 2.23. The van der Waals surface area contributed by atoms with Gasteiger partial charge >= 0.3 is 0 Å². The average Bonchev–Trinajstić information content (AvgIpc) is 2.98. The van der Waals surface area contributed by atoms with Gasteiger partial charge in [0, 0.05) is 18.0 Å². The Hall–Kier alpha value is -1.57. The molecule has 2 aromatic rings. The molecule has 24 heavy (non-hydrogen) atoms. The lowest BCUT2D eigenvalue weighted by atomic mass is 9.98. The second-order valence-electron chi connectivity index (χ2n) is 5.86. The summed E-state index contributed by atoms with van der Waals surface area (Å²) in [7, 11) is 0. The van der Waals surface area contributed by atoms with E-state index in [1.54, 1.807) is 18.2 Å². The molecule has 3 N–H and O–H groups in total. The van der Waals surface area contributed by atoms with Gasteiger partial charge in [0.2, 0.25) is 5.91 Å². The van der Waals surface area contributed by atoms with Crippen LogP contribution in [-0.4, -0.2) is 29.3 Å². The summed E-state index contributed by atoms with van der Waals surface area (Å²) < 4.78 is 0.655. The summed E-state index contributed by atoms with van der Waals surface area (Å²) >= 11 is 4.76. The number of hydrogen-bond acceptors (Lipinski definition) is 5. The first-order chi connectivity index (χ1) is 11.5. The molecule has 5 nitrogen and oxygen atoms in total. The van der Waals surface area contributed by atoms with Crippen LogP contribution in [0.4, 0.5) is 0 Å². The van der Waals surface area contributed by atoms with Gasteiger partial charge in [0.1, 0.15) is 5.69 Å². The van der Waals surface area contributed by atoms with Gasteiger partial charge in [0.05, 0.1) is 4.88 Å². The van der Waals surface area contributed by atoms with Gasteiger partial charge in [-0.05, 0) is 53.0 Å². The minimum Gasteiger partial charge on any atom is -0.366 e. The molecule has 7 heteroatoms. The molecule has 1 aliphatic heterocycles. The monoisotopic (exact) mass is 407 g/mol. The Morgan fingerprint density at radius 1 is 1.38 bits per heavy atom. The van der Waals surface area contributed by atoms with Crippen LogP contribution >= 0.6 is 27.3 Å². The highest BCUT2D eigenvalue weighted by molar-refractivity contribution is 9.11. The van der Waals surface area contributed by atoms with E-state index in [-0.39, 0.29) is 11.8 Å². The molecule has 0 bridgehead atoms. The number of nitrogens with two attached hydrogens (primary N) is 1. The molecule has 1 aromatic heterocycles. The number of rotatable bonds is 5. The molecule has 1 saturated heterocycles. The largest absolute Gasteiger partial charge is 0.366 e. The highest BCUT2D eigenvalue weighted by Crippen LogP contribution is 2.34. The minimum absolute atomic E-state index is 0.0239. The number of amides is 1. The normalized spacial score (nSPS) is 17.6. The van der Waals surface area contributed by atoms with Crippen molar-refractivity contribution in [1.29, 1.82) is 0 Å². The van der Waals surface area contributed by atoms with E-state index in [4.69, 9.17) is 5.73 Å². The molecule has 126 valence electrons. The van der Waals surface area contributed by atoms with E-state index in [1.807, 2.05) is 6.07 Å². The Kier molecular flexibility index (Phi) is 5.43. The number of ketones is 1. The van der Waals surface area contributed by atoms with Gasteiger partial charge in [-0.1, -0.05) is 18.6 Å². The lowest BCUT2D eigenvalue weighted by Gasteiger charge is -2.22. The molecular weight excluding hydrogens is 390 g/mol. The number of nitrogens with one attached hydrogen (secondary N) is 1. The summed E-state index contributed by atoms with van der Waals surface area (Å²) in [4.78, 5) is 29.3. The minimum atomic E-state index is -0.486. The zero-order chi connectivity index (χ0) is 17.1. The van der Waals surface area contributed by atoms with Gasteiger partial charge < -0.3 is 11.1 Å². The third kappa shape index (κ3) is 3.91. The summed E-state index contributed by atoms with van der Waals surface area (Å²) in [5.74, 6) is -0.462. The fourth-order valence-corrected chi connectivity index (χ4v) is 4.38. The summed E-state index contributed by atoms with van der Waals surface area (Å²) in [6.07, 6.45) is 3.78. The van der Waals surface area contributed by atoms with Crippen molar-refractivity contribution in [1.82, 2.24) is 10.3 Å². The average molecular weight is 408 g/mol. The van der Waals surface area contributed by atoms with Crippen LogP contribution in [0.1, 0.15) is 46.5 Å². The Morgan fingerprint density at radius 2 is 2.21 bits per heavy atom. The Balaban J connectivity index is 1.88. The van der Waals surface area contributed by atoms with Gasteiger partial charge in [0.15, 0.2) is 9.70 Å². The van der Waals surface area contributed by atoms with Gasteiger partial charge in [-0.25, -0.2) is 4.98 Å². The maximum Gasteiger partial charge on any atom is 0.248 e. The van der Waals surface area contributed by atoms with Gasteiger partial charge in [-0.15, -0.1) is 11.3 Å². The van der Waals surface area contributed by atoms with Crippen LogP contribution in [0.2, 0.25) is 0 Å². The number of aromatic nitrogens is 1. The number of Topliss-reactive ketones (excluding diaryl/α,β-unsaturated/α-hetero) is 1. The van der Waals surface area contributed by atoms with Gasteiger partial charge in [0.25, 0.3) is 0 Å². The number of benzene rings is 1. The maximum atomic E-state index is 12.7. The quantitative estimate of drug-likeness (QED) is 0.743. The second kappa shape index (κ2) is 7.55. The number of hydrogen-bond donors (Lipinski definition) is 2. The SMILES string of the molecule is NC(=O)c1cccc(-c2sc(Br)nc2C(=O)CC2CCCCN2)c1. The first kappa shape index (κ1) is 17.3. The third-order valence-corrected chi connectivity index (χ3v) is 5.67. The molecule has 0 saturated carbocycles. The molecule has 1 atom stereocenters. The first-order valence-corrected chi connectivity index (χ1v) is 9.48. The van der Waals surface area contributed by atoms with Crippen LogP contribution in [0.25, 0.3) is 10.4 Å². The van der Waals surface area contributed by atoms with Gasteiger partial charge in [-0.3, -0.25) is 9.59 Å². The fraction of sp³-hybridized carbons (Fsp3) is 0.353. The zero-order valence-electron chi connectivity index (χ0n) is 13.0. The van der Waals surface area contributed by atoms with E-state index in [0.717, 1.165) is 36.2 Å². The molecule has 1 fully saturated rings. The molecule has 1 aromatic carbocycles. The summed E-state index contributed by atoms with van der Waals surface area (Å²) in [6.45, 7) is 0.965. The molecule has 1 amide bonds. The maximum absolute atomic E-state index is 12.7. The second-order valence-corrected chi connectivity index (χ2v) is 8.14. The van der Waals surface area contributed by atoms with Crippen molar-refractivity contribution >= 4 is 39.0 Å². The molecule has 3 rings (SSSR count). The topological polar surface area (TPSA) is 85.1 Å². The molecule has 2 heterocycles. The van der Waals surface area contributed by atoms with Crippen LogP contribution < -0.4 is 11.1 Å². The summed E-state index contributed by atoms with van der Waals surface area (Å²) in [5.41, 5.74) is 7.02. The van der Waals surface area contributed by atoms with E-state index >= 15 is 0 Å². The predicted molar refractivity (Wildman–Crippen MR) is 98.4 cm³/mol. The van der Waals surface area contributed by atoms with Crippen molar-refractivity contribution in [3.8, 4) is 10.4 Å². The number of primary amides is 1. The number of carbonyl (C=O) groups is 2. The van der Waals surface area contributed by atoms with E-state index < -0.39 is 5.91 Å². The van der Waals surface area contributed by atoms with E-state index in [2.05, 4.69) is 26.2 Å². The van der Waals surface area contributed by atoms with Crippen molar-refractivity contribution in [3.05, 3.63) is 39.4 Å². The summed E-state index contributed by atoms with van der Waals surface area (Å²) in [6, 6.07) is 7.21. The van der Waals surface area contributed by atoms with Crippen molar-refractivity contribution < 1.29 is 9.59 Å². The number of carbonyl (C=O) groups excluding carboxylic acids is 2. The Labute approximate surface area is 152 Å². The van der Waals surface area contributed by atoms with Crippen LogP contribution in [-0.2, 0) is 0 Å². The van der Waals surface area contributed by atoms with Crippen molar-refractivity contribution in [2.24, 2.45) is 5.73 Å². The molecule has 0 aliphatic carbocycles. The zero-order valence-corrected chi connectivity index (χ0v) is 15.5. The molecule has 0 spiro atoms. The van der Waals surface area contributed by atoms with Gasteiger partial charge in [-0.2, -0.15) is 0 Å². The number of thiazole rings is 1. The standard InChI is InChI=1S/C17H18BrN3O2S/c18-17-21-14(13(22)9-12-6-1-2-7-20-12)15(24-17)10-4-3-5-11(8-10)16(19)23/h3-5,8,12,20H,1-2,6-7,9H2,(H2,19,23). The van der Waals surface area contributed by atoms with Crippen molar-refractivity contribution in [2.45, 2.75) is 31.7 Å². The van der Waals surface area contributed by atoms with Crippen LogP contribution in [0.3, 0.4) is 0 Å². The lowest BCUT2D eigenvalue weighted by Crippen LogP contribution is -2.35. The van der Waals surface area contributed by atoms with E-state index in [0.29, 0.717) is 21.6 Å². The van der Waals surface area contributed by atoms with Crippen molar-refractivity contribution in [2.75, 3.05) is 6.54 Å². The van der Waals surface area contributed by atoms with Crippen LogP contribution in [0.5, 0.6) is 0 Å². The predicted octanol–water partition coefficient (Wildman–Crippen LogP) is 3.39. The van der Waals surface area contributed by atoms with E-state index in [9.17, 15) is 9.59 Å². The van der Waals surface area contributed by atoms with Crippen LogP contribution in [0, 0.1) is 0 Å². The highest BCUT2D eigenvalue weighted by atomic mass is 79.9. The Morgan fingerprint density at radius 3 is 2.92 bits per heavy atom. The van der Waals surface area contributed by atoms with Crippen LogP contribution in [0.15, 0.2) is 28.2 Å². The summed E-state index contributed by atoms with van der Waals surface area (Å²) in [5, 5.41) is 3.39. The third-order valence-electron chi connectivity index (χ3n) is 4.12. The lowest BCUT2D eigenvalue weighted by molar-refractivity contribution is 0.0958. The smallest absolute Gasteiger partial charge is 0.248 e.